The number of alkyl halides is 3. The number of hydrogen-bond acceptors (Lipinski definition) is 2. The maximum Gasteiger partial charge on any atom is 0.425 e. The molecule has 1 aromatic rings. The molecule has 1 rings (SSSR count). The topological polar surface area (TPSA) is 21.3 Å². The van der Waals surface area contributed by atoms with Crippen LogP contribution < -0.4 is 10.1 Å². The van der Waals surface area contributed by atoms with Crippen LogP contribution in [0.5, 0.6) is 5.75 Å². The van der Waals surface area contributed by atoms with Gasteiger partial charge in [0.2, 0.25) is 0 Å². The first-order valence-electron chi connectivity index (χ1n) is 6.52. The Morgan fingerprint density at radius 2 is 1.90 bits per heavy atom. The highest BCUT2D eigenvalue weighted by atomic mass is 19.4. The first-order chi connectivity index (χ1) is 9.25. The fourth-order valence-corrected chi connectivity index (χ4v) is 1.62. The van der Waals surface area contributed by atoms with Crippen LogP contribution in [0, 0.1) is 5.82 Å². The summed E-state index contributed by atoms with van der Waals surface area (Å²) in [5.74, 6) is -1.18. The van der Waals surface area contributed by atoms with Gasteiger partial charge in [-0.1, -0.05) is 13.0 Å². The summed E-state index contributed by atoms with van der Waals surface area (Å²) < 4.78 is 55.4. The van der Waals surface area contributed by atoms with Crippen LogP contribution in [0.4, 0.5) is 17.6 Å². The molecule has 1 aromatic carbocycles. The summed E-state index contributed by atoms with van der Waals surface area (Å²) in [5.41, 5.74) is 0.669. The highest BCUT2D eigenvalue weighted by molar-refractivity contribution is 5.31. The molecule has 6 heteroatoms. The van der Waals surface area contributed by atoms with Gasteiger partial charge in [-0.3, -0.25) is 0 Å². The normalized spacial score (nSPS) is 14.9. The van der Waals surface area contributed by atoms with Crippen molar-refractivity contribution in [1.29, 1.82) is 0 Å². The van der Waals surface area contributed by atoms with Gasteiger partial charge in [-0.2, -0.15) is 13.2 Å². The van der Waals surface area contributed by atoms with Gasteiger partial charge in [0, 0.05) is 6.04 Å². The van der Waals surface area contributed by atoms with E-state index >= 15 is 0 Å². The summed E-state index contributed by atoms with van der Waals surface area (Å²) in [6, 6.07) is 3.93. The summed E-state index contributed by atoms with van der Waals surface area (Å²) in [4.78, 5) is 0. The van der Waals surface area contributed by atoms with Crippen molar-refractivity contribution in [1.82, 2.24) is 5.32 Å². The molecule has 0 bridgehead atoms. The van der Waals surface area contributed by atoms with Crippen LogP contribution in [0.3, 0.4) is 0 Å². The van der Waals surface area contributed by atoms with Gasteiger partial charge in [0.15, 0.2) is 17.7 Å². The summed E-state index contributed by atoms with van der Waals surface area (Å²) in [7, 11) is 0. The molecular weight excluding hydrogens is 274 g/mol. The molecule has 20 heavy (non-hydrogen) atoms. The molecule has 2 atom stereocenters. The van der Waals surface area contributed by atoms with E-state index in [2.05, 4.69) is 10.1 Å². The molecule has 0 spiro atoms. The second-order valence-corrected chi connectivity index (χ2v) is 4.67. The second-order valence-electron chi connectivity index (χ2n) is 4.67. The fourth-order valence-electron chi connectivity index (χ4n) is 1.62. The lowest BCUT2D eigenvalue weighted by atomic mass is 10.1. The minimum Gasteiger partial charge on any atom is -0.478 e. The third-order valence-electron chi connectivity index (χ3n) is 2.92. The number of halogens is 4. The Bertz CT molecular complexity index is 434. The summed E-state index contributed by atoms with van der Waals surface area (Å²) in [6.07, 6.45) is -5.61. The predicted octanol–water partition coefficient (Wildman–Crippen LogP) is 4.22. The molecule has 0 aliphatic rings. The Morgan fingerprint density at radius 1 is 1.25 bits per heavy atom. The Labute approximate surface area is 116 Å². The maximum absolute atomic E-state index is 13.8. The molecule has 0 fully saturated rings. The minimum absolute atomic E-state index is 0.0708. The maximum atomic E-state index is 13.8. The quantitative estimate of drug-likeness (QED) is 0.793. The van der Waals surface area contributed by atoms with Gasteiger partial charge in [0.05, 0.1) is 0 Å². The largest absolute Gasteiger partial charge is 0.478 e. The number of ether oxygens (including phenoxy) is 1. The fraction of sp³-hybridized carbons (Fsp3) is 0.571. The van der Waals surface area contributed by atoms with Gasteiger partial charge in [-0.05, 0) is 44.5 Å². The highest BCUT2D eigenvalue weighted by Crippen LogP contribution is 2.28. The Hall–Kier alpha value is -1.30. The van der Waals surface area contributed by atoms with Crippen LogP contribution in [0.25, 0.3) is 0 Å². The SMILES string of the molecule is CCCNC(C)c1ccc(OC(C)C(F)(F)F)c(F)c1. The predicted molar refractivity (Wildman–Crippen MR) is 69.3 cm³/mol. The molecule has 0 saturated heterocycles. The molecule has 1 N–H and O–H groups in total. The van der Waals surface area contributed by atoms with E-state index in [9.17, 15) is 17.6 Å². The van der Waals surface area contributed by atoms with Crippen LogP contribution in [0.2, 0.25) is 0 Å². The van der Waals surface area contributed by atoms with E-state index in [-0.39, 0.29) is 11.8 Å². The summed E-state index contributed by atoms with van der Waals surface area (Å²) >= 11 is 0. The van der Waals surface area contributed by atoms with Gasteiger partial charge < -0.3 is 10.1 Å². The number of hydrogen-bond donors (Lipinski definition) is 1. The van der Waals surface area contributed by atoms with Crippen LogP contribution in [0.1, 0.15) is 38.8 Å². The van der Waals surface area contributed by atoms with Crippen molar-refractivity contribution in [3.8, 4) is 5.75 Å². The van der Waals surface area contributed by atoms with E-state index in [1.807, 2.05) is 13.8 Å². The van der Waals surface area contributed by atoms with E-state index in [1.165, 1.54) is 12.1 Å². The van der Waals surface area contributed by atoms with E-state index in [1.54, 1.807) is 6.07 Å². The van der Waals surface area contributed by atoms with Gasteiger partial charge in [0.1, 0.15) is 0 Å². The van der Waals surface area contributed by atoms with Crippen molar-refractivity contribution in [3.63, 3.8) is 0 Å². The molecule has 0 aliphatic carbocycles. The first kappa shape index (κ1) is 16.8. The zero-order valence-electron chi connectivity index (χ0n) is 11.7. The van der Waals surface area contributed by atoms with Gasteiger partial charge >= 0.3 is 6.18 Å². The molecule has 2 unspecified atom stereocenters. The molecular formula is C14H19F4NO. The van der Waals surface area contributed by atoms with Gasteiger partial charge in [0.25, 0.3) is 0 Å². The van der Waals surface area contributed by atoms with E-state index in [4.69, 9.17) is 0 Å². The average molecular weight is 293 g/mol. The third-order valence-corrected chi connectivity index (χ3v) is 2.92. The molecule has 0 amide bonds. The van der Waals surface area contributed by atoms with Crippen molar-refractivity contribution in [3.05, 3.63) is 29.6 Å². The molecule has 0 aromatic heterocycles. The number of rotatable bonds is 6. The van der Waals surface area contributed by atoms with Crippen molar-refractivity contribution >= 4 is 0 Å². The van der Waals surface area contributed by atoms with Crippen LogP contribution in [0.15, 0.2) is 18.2 Å². The number of nitrogens with one attached hydrogen (secondary N) is 1. The molecule has 114 valence electrons. The Balaban J connectivity index is 2.78. The standard InChI is InChI=1S/C14H19F4NO/c1-4-7-19-9(2)11-5-6-13(12(15)8-11)20-10(3)14(16,17)18/h5-6,8-10,19H,4,7H2,1-3H3. The van der Waals surface area contributed by atoms with E-state index in [0.717, 1.165) is 19.9 Å². The monoisotopic (exact) mass is 293 g/mol. The zero-order chi connectivity index (χ0) is 15.3. The third kappa shape index (κ3) is 4.67. The zero-order valence-corrected chi connectivity index (χ0v) is 11.7. The lowest BCUT2D eigenvalue weighted by molar-refractivity contribution is -0.189. The molecule has 0 radical (unpaired) electrons. The molecule has 2 nitrogen and oxygen atoms in total. The van der Waals surface area contributed by atoms with Gasteiger partial charge in [-0.25, -0.2) is 4.39 Å². The molecule has 0 heterocycles. The van der Waals surface area contributed by atoms with Crippen molar-refractivity contribution < 1.29 is 22.3 Å². The van der Waals surface area contributed by atoms with Crippen molar-refractivity contribution in [2.45, 2.75) is 45.5 Å². The second kappa shape index (κ2) is 6.92. The van der Waals surface area contributed by atoms with Crippen LogP contribution in [-0.4, -0.2) is 18.8 Å². The Kier molecular flexibility index (Phi) is 5.80. The van der Waals surface area contributed by atoms with E-state index < -0.39 is 18.1 Å². The lowest BCUT2D eigenvalue weighted by Crippen LogP contribution is -2.31. The Morgan fingerprint density at radius 3 is 2.40 bits per heavy atom. The average Bonchev–Trinajstić information content (AvgIpc) is 2.37. The summed E-state index contributed by atoms with van der Waals surface area (Å²) in [5, 5.41) is 3.17. The first-order valence-corrected chi connectivity index (χ1v) is 6.52. The minimum atomic E-state index is -4.51. The van der Waals surface area contributed by atoms with Gasteiger partial charge in [-0.15, -0.1) is 0 Å². The molecule has 0 aliphatic heterocycles. The highest BCUT2D eigenvalue weighted by Gasteiger charge is 2.38. The van der Waals surface area contributed by atoms with Crippen molar-refractivity contribution in [2.24, 2.45) is 0 Å². The molecule has 0 saturated carbocycles. The smallest absolute Gasteiger partial charge is 0.425 e. The summed E-state index contributed by atoms with van der Waals surface area (Å²) in [6.45, 7) is 5.50. The van der Waals surface area contributed by atoms with Crippen LogP contribution in [-0.2, 0) is 0 Å². The number of benzene rings is 1. The van der Waals surface area contributed by atoms with E-state index in [0.29, 0.717) is 5.56 Å². The van der Waals surface area contributed by atoms with Crippen molar-refractivity contribution in [2.75, 3.05) is 6.54 Å². The van der Waals surface area contributed by atoms with Crippen LogP contribution >= 0.6 is 0 Å². The lowest BCUT2D eigenvalue weighted by Gasteiger charge is -2.19.